The Hall–Kier alpha value is -2.04. The molecular weight excluding hydrogens is 391 g/mol. The Bertz CT molecular complexity index is 918. The van der Waals surface area contributed by atoms with Crippen molar-refractivity contribution in [2.75, 3.05) is 20.6 Å². The molecule has 27 heavy (non-hydrogen) atoms. The van der Waals surface area contributed by atoms with Gasteiger partial charge >= 0.3 is 0 Å². The molecule has 0 aliphatic heterocycles. The summed E-state index contributed by atoms with van der Waals surface area (Å²) in [5, 5.41) is 0. The molecule has 0 saturated heterocycles. The second-order valence-corrected chi connectivity index (χ2v) is 7.84. The predicted molar refractivity (Wildman–Crippen MR) is 89.0 cm³/mol. The Morgan fingerprint density at radius 1 is 0.889 bits per heavy atom. The summed E-state index contributed by atoms with van der Waals surface area (Å²) in [5.41, 5.74) is 1.67. The summed E-state index contributed by atoms with van der Waals surface area (Å²) < 4.78 is 93.7. The van der Waals surface area contributed by atoms with Crippen LogP contribution in [0.25, 0.3) is 0 Å². The number of likely N-dealkylation sites (N-methyl/N-ethyl adjacent to an activating group) is 1. The molecule has 0 heterocycles. The average Bonchev–Trinajstić information content (AvgIpc) is 2.59. The quantitative estimate of drug-likeness (QED) is 0.454. The van der Waals surface area contributed by atoms with E-state index in [2.05, 4.69) is 0 Å². The minimum Gasteiger partial charge on any atom is -0.301 e. The zero-order valence-electron chi connectivity index (χ0n) is 14.7. The first kappa shape index (κ1) is 21.3. The summed E-state index contributed by atoms with van der Waals surface area (Å²) >= 11 is 0. The van der Waals surface area contributed by atoms with E-state index < -0.39 is 50.0 Å². The third kappa shape index (κ3) is 4.28. The zero-order valence-corrected chi connectivity index (χ0v) is 15.5. The van der Waals surface area contributed by atoms with Crippen molar-refractivity contribution in [1.82, 2.24) is 9.62 Å². The van der Waals surface area contributed by atoms with Gasteiger partial charge < -0.3 is 4.90 Å². The molecule has 0 aliphatic carbocycles. The molecule has 0 aliphatic rings. The maximum atomic E-state index is 13.8. The van der Waals surface area contributed by atoms with Crippen LogP contribution < -0.4 is 4.72 Å². The number of hydrogen-bond donors (Lipinski definition) is 1. The average molecular weight is 408 g/mol. The van der Waals surface area contributed by atoms with E-state index in [9.17, 15) is 30.4 Å². The van der Waals surface area contributed by atoms with Crippen LogP contribution in [0.3, 0.4) is 0 Å². The molecule has 10 heteroatoms. The van der Waals surface area contributed by atoms with Gasteiger partial charge in [0.25, 0.3) is 0 Å². The van der Waals surface area contributed by atoms with E-state index in [1.54, 1.807) is 43.3 Å². The van der Waals surface area contributed by atoms with Gasteiger partial charge in [0.1, 0.15) is 0 Å². The highest BCUT2D eigenvalue weighted by atomic mass is 32.2. The minimum atomic E-state index is -5.00. The third-order valence-electron chi connectivity index (χ3n) is 3.99. The van der Waals surface area contributed by atoms with Gasteiger partial charge in [-0.1, -0.05) is 29.8 Å². The lowest BCUT2D eigenvalue weighted by Crippen LogP contribution is -2.35. The van der Waals surface area contributed by atoms with Crippen LogP contribution in [0, 0.1) is 36.0 Å². The highest BCUT2D eigenvalue weighted by Gasteiger charge is 2.34. The van der Waals surface area contributed by atoms with Crippen LogP contribution in [0.5, 0.6) is 0 Å². The van der Waals surface area contributed by atoms with Gasteiger partial charge in [-0.15, -0.1) is 0 Å². The highest BCUT2D eigenvalue weighted by Crippen LogP contribution is 2.27. The lowest BCUT2D eigenvalue weighted by atomic mass is 10.0. The van der Waals surface area contributed by atoms with Crippen LogP contribution >= 0.6 is 0 Å². The number of sulfonamides is 1. The van der Waals surface area contributed by atoms with Crippen molar-refractivity contribution < 1.29 is 30.4 Å². The minimum absolute atomic E-state index is 0.349. The SMILES string of the molecule is Cc1ccc([C@@H](CNS(=O)(=O)c2c(F)c(F)c(F)c(F)c2F)N(C)C)cc1. The topological polar surface area (TPSA) is 49.4 Å². The van der Waals surface area contributed by atoms with Crippen molar-refractivity contribution in [3.63, 3.8) is 0 Å². The maximum Gasteiger partial charge on any atom is 0.246 e. The molecule has 0 amide bonds. The van der Waals surface area contributed by atoms with Crippen LogP contribution in [0.1, 0.15) is 17.2 Å². The van der Waals surface area contributed by atoms with E-state index in [1.807, 2.05) is 11.6 Å². The predicted octanol–water partition coefficient (Wildman–Crippen LogP) is 3.27. The van der Waals surface area contributed by atoms with Crippen molar-refractivity contribution in [2.45, 2.75) is 17.9 Å². The number of aryl methyl sites for hydroxylation is 1. The van der Waals surface area contributed by atoms with Crippen molar-refractivity contribution in [3.8, 4) is 0 Å². The molecular formula is C17H17F5N2O2S. The molecule has 0 aromatic heterocycles. The molecule has 0 saturated carbocycles. The van der Waals surface area contributed by atoms with Crippen molar-refractivity contribution >= 4 is 10.0 Å². The standard InChI is InChI=1S/C17H17F5N2O2S/c1-9-4-6-10(7-5-9)11(24(2)3)8-23-27(25,26)17-15(21)13(19)12(18)14(20)16(17)22/h4-7,11,23H,8H2,1-3H3/t11-/m1/s1. The molecule has 0 fully saturated rings. The van der Waals surface area contributed by atoms with E-state index in [0.29, 0.717) is 5.56 Å². The van der Waals surface area contributed by atoms with Gasteiger partial charge in [-0.05, 0) is 26.6 Å². The van der Waals surface area contributed by atoms with Crippen LogP contribution in [0.4, 0.5) is 22.0 Å². The van der Waals surface area contributed by atoms with Gasteiger partial charge in [-0.3, -0.25) is 0 Å². The lowest BCUT2D eigenvalue weighted by Gasteiger charge is -2.25. The molecule has 1 N–H and O–H groups in total. The first-order valence-electron chi connectivity index (χ1n) is 7.71. The van der Waals surface area contributed by atoms with Crippen LogP contribution in [0.2, 0.25) is 0 Å². The fraction of sp³-hybridized carbons (Fsp3) is 0.294. The van der Waals surface area contributed by atoms with Gasteiger partial charge in [-0.25, -0.2) is 35.1 Å². The molecule has 148 valence electrons. The Labute approximate surface area is 153 Å². The van der Waals surface area contributed by atoms with Gasteiger partial charge in [0.2, 0.25) is 15.8 Å². The van der Waals surface area contributed by atoms with Gasteiger partial charge in [0.15, 0.2) is 28.2 Å². The van der Waals surface area contributed by atoms with Crippen LogP contribution in [0.15, 0.2) is 29.2 Å². The molecule has 0 spiro atoms. The molecule has 2 aromatic carbocycles. The first-order chi connectivity index (χ1) is 12.5. The summed E-state index contributed by atoms with van der Waals surface area (Å²) in [7, 11) is -1.70. The monoisotopic (exact) mass is 408 g/mol. The van der Waals surface area contributed by atoms with Crippen molar-refractivity contribution in [2.24, 2.45) is 0 Å². The van der Waals surface area contributed by atoms with E-state index in [4.69, 9.17) is 0 Å². The summed E-state index contributed by atoms with van der Waals surface area (Å²) in [6, 6.07) is 6.54. The number of nitrogens with one attached hydrogen (secondary N) is 1. The number of rotatable bonds is 6. The second-order valence-electron chi connectivity index (χ2n) is 6.14. The number of nitrogens with zero attached hydrogens (tertiary/aromatic N) is 1. The number of hydrogen-bond acceptors (Lipinski definition) is 3. The molecule has 2 rings (SSSR count). The van der Waals surface area contributed by atoms with E-state index in [0.717, 1.165) is 5.56 Å². The first-order valence-corrected chi connectivity index (χ1v) is 9.19. The summed E-state index contributed by atoms with van der Waals surface area (Å²) in [6.07, 6.45) is 0. The Morgan fingerprint density at radius 2 is 1.33 bits per heavy atom. The molecule has 0 bridgehead atoms. The number of halogens is 5. The van der Waals surface area contributed by atoms with E-state index >= 15 is 0 Å². The lowest BCUT2D eigenvalue weighted by molar-refractivity contribution is 0.299. The normalized spacial score (nSPS) is 13.2. The van der Waals surface area contributed by atoms with Gasteiger partial charge in [-0.2, -0.15) is 0 Å². The van der Waals surface area contributed by atoms with Gasteiger partial charge in [0.05, 0.1) is 0 Å². The molecule has 0 radical (unpaired) electrons. The molecule has 4 nitrogen and oxygen atoms in total. The summed E-state index contributed by atoms with van der Waals surface area (Å²) in [6.45, 7) is 1.51. The fourth-order valence-electron chi connectivity index (χ4n) is 2.47. The highest BCUT2D eigenvalue weighted by molar-refractivity contribution is 7.89. The second kappa shape index (κ2) is 7.91. The van der Waals surface area contributed by atoms with Crippen molar-refractivity contribution in [1.29, 1.82) is 0 Å². The Balaban J connectivity index is 2.37. The fourth-order valence-corrected chi connectivity index (χ4v) is 3.64. The zero-order chi connectivity index (χ0) is 20.5. The number of benzene rings is 2. The molecule has 1 atom stereocenters. The third-order valence-corrected chi connectivity index (χ3v) is 5.43. The van der Waals surface area contributed by atoms with E-state index in [-0.39, 0.29) is 6.54 Å². The Morgan fingerprint density at radius 3 is 1.78 bits per heavy atom. The van der Waals surface area contributed by atoms with Gasteiger partial charge in [0, 0.05) is 12.6 Å². The molecule has 2 aromatic rings. The Kier molecular flexibility index (Phi) is 6.23. The van der Waals surface area contributed by atoms with Crippen LogP contribution in [-0.2, 0) is 10.0 Å². The molecule has 0 unspecified atom stereocenters. The largest absolute Gasteiger partial charge is 0.301 e. The van der Waals surface area contributed by atoms with Crippen molar-refractivity contribution in [3.05, 3.63) is 64.5 Å². The maximum absolute atomic E-state index is 13.8. The summed E-state index contributed by atoms with van der Waals surface area (Å²) in [5.74, 6) is -11.9. The van der Waals surface area contributed by atoms with E-state index in [1.165, 1.54) is 0 Å². The van der Waals surface area contributed by atoms with Crippen LogP contribution in [-0.4, -0.2) is 34.0 Å². The summed E-state index contributed by atoms with van der Waals surface area (Å²) in [4.78, 5) is -0.258. The smallest absolute Gasteiger partial charge is 0.246 e.